The van der Waals surface area contributed by atoms with Crippen LogP contribution in [0, 0.1) is 5.41 Å². The monoisotopic (exact) mass is 242 g/mol. The van der Waals surface area contributed by atoms with E-state index in [-0.39, 0.29) is 11.9 Å². The van der Waals surface area contributed by atoms with Gasteiger partial charge in [0.15, 0.2) is 0 Å². The smallest absolute Gasteiger partial charge is 0.329 e. The predicted molar refractivity (Wildman–Crippen MR) is 64.4 cm³/mol. The molecule has 1 aliphatic carbocycles. The van der Waals surface area contributed by atoms with E-state index in [0.717, 1.165) is 19.3 Å². The third-order valence-corrected chi connectivity index (χ3v) is 4.18. The molecule has 0 spiro atoms. The van der Waals surface area contributed by atoms with Gasteiger partial charge in [-0.25, -0.2) is 4.79 Å². The van der Waals surface area contributed by atoms with E-state index in [2.05, 4.69) is 0 Å². The molecule has 1 aliphatic rings. The minimum Gasteiger partial charge on any atom is -0.480 e. The molecule has 0 aromatic rings. The summed E-state index contributed by atoms with van der Waals surface area (Å²) in [5.41, 5.74) is 4.15. The van der Waals surface area contributed by atoms with Crippen LogP contribution in [0.1, 0.15) is 40.0 Å². The van der Waals surface area contributed by atoms with Crippen molar-refractivity contribution in [3.8, 4) is 0 Å². The lowest BCUT2D eigenvalue weighted by Gasteiger charge is -2.39. The highest BCUT2D eigenvalue weighted by atomic mass is 16.4. The van der Waals surface area contributed by atoms with Crippen molar-refractivity contribution in [3.05, 3.63) is 0 Å². The molecular weight excluding hydrogens is 220 g/mol. The minimum atomic E-state index is -1.21. The van der Waals surface area contributed by atoms with Crippen molar-refractivity contribution in [3.63, 3.8) is 0 Å². The van der Waals surface area contributed by atoms with Gasteiger partial charge < -0.3 is 15.7 Å². The van der Waals surface area contributed by atoms with Crippen LogP contribution in [0.25, 0.3) is 0 Å². The number of carboxylic acid groups (broad SMARTS) is 1. The average Bonchev–Trinajstić information content (AvgIpc) is 2.58. The van der Waals surface area contributed by atoms with Crippen LogP contribution in [0.15, 0.2) is 0 Å². The van der Waals surface area contributed by atoms with Crippen LogP contribution in [-0.4, -0.2) is 40.5 Å². The molecule has 0 aliphatic heterocycles. The standard InChI is InChI=1S/C12H22N2O3/c1-11(2,10(16)17)14(4)9(15)12(3)7-5-6-8(12)13/h8H,5-7,13H2,1-4H3,(H,16,17). The van der Waals surface area contributed by atoms with Crippen LogP contribution in [-0.2, 0) is 9.59 Å². The highest BCUT2D eigenvalue weighted by molar-refractivity contribution is 5.89. The van der Waals surface area contributed by atoms with Crippen molar-refractivity contribution in [2.24, 2.45) is 11.1 Å². The van der Waals surface area contributed by atoms with Gasteiger partial charge in [0.1, 0.15) is 5.54 Å². The third kappa shape index (κ3) is 2.16. The first-order valence-corrected chi connectivity index (χ1v) is 5.91. The molecule has 1 amide bonds. The van der Waals surface area contributed by atoms with Gasteiger partial charge in [0, 0.05) is 13.1 Å². The zero-order valence-corrected chi connectivity index (χ0v) is 11.0. The zero-order valence-electron chi connectivity index (χ0n) is 11.0. The first-order valence-electron chi connectivity index (χ1n) is 5.91. The lowest BCUT2D eigenvalue weighted by molar-refractivity contribution is -0.159. The molecule has 0 radical (unpaired) electrons. The van der Waals surface area contributed by atoms with Gasteiger partial charge in [0.25, 0.3) is 0 Å². The number of hydrogen-bond donors (Lipinski definition) is 2. The molecule has 17 heavy (non-hydrogen) atoms. The van der Waals surface area contributed by atoms with Gasteiger partial charge in [-0.3, -0.25) is 4.79 Å². The fourth-order valence-electron chi connectivity index (χ4n) is 2.24. The number of amides is 1. The van der Waals surface area contributed by atoms with Gasteiger partial charge in [-0.2, -0.15) is 0 Å². The Labute approximate surface area is 102 Å². The summed E-state index contributed by atoms with van der Waals surface area (Å²) < 4.78 is 0. The van der Waals surface area contributed by atoms with Crippen LogP contribution >= 0.6 is 0 Å². The molecule has 5 heteroatoms. The number of hydrogen-bond acceptors (Lipinski definition) is 3. The van der Waals surface area contributed by atoms with E-state index in [0.29, 0.717) is 0 Å². The quantitative estimate of drug-likeness (QED) is 0.767. The molecule has 0 bridgehead atoms. The van der Waals surface area contributed by atoms with Crippen molar-refractivity contribution in [1.29, 1.82) is 0 Å². The van der Waals surface area contributed by atoms with Gasteiger partial charge in [-0.15, -0.1) is 0 Å². The number of likely N-dealkylation sites (N-methyl/N-ethyl adjacent to an activating group) is 1. The summed E-state index contributed by atoms with van der Waals surface area (Å²) in [6.07, 6.45) is 2.47. The molecule has 98 valence electrons. The molecule has 0 aromatic heterocycles. The Bertz CT molecular complexity index is 341. The Hall–Kier alpha value is -1.10. The lowest BCUT2D eigenvalue weighted by atomic mass is 9.82. The number of aliphatic carboxylic acids is 1. The highest BCUT2D eigenvalue weighted by Gasteiger charge is 2.48. The van der Waals surface area contributed by atoms with Crippen LogP contribution in [0.5, 0.6) is 0 Å². The minimum absolute atomic E-state index is 0.171. The number of carboxylic acids is 1. The maximum absolute atomic E-state index is 12.4. The Morgan fingerprint density at radius 1 is 1.47 bits per heavy atom. The topological polar surface area (TPSA) is 83.6 Å². The largest absolute Gasteiger partial charge is 0.480 e. The SMILES string of the molecule is CN(C(=O)C1(C)CCCC1N)C(C)(C)C(=O)O. The molecule has 2 unspecified atom stereocenters. The zero-order chi connectivity index (χ0) is 13.4. The fourth-order valence-corrected chi connectivity index (χ4v) is 2.24. The van der Waals surface area contributed by atoms with Gasteiger partial charge in [-0.1, -0.05) is 6.42 Å². The molecule has 0 aromatic carbocycles. The average molecular weight is 242 g/mol. The highest BCUT2D eigenvalue weighted by Crippen LogP contribution is 2.39. The second kappa shape index (κ2) is 4.29. The van der Waals surface area contributed by atoms with Crippen molar-refractivity contribution in [2.75, 3.05) is 7.05 Å². The van der Waals surface area contributed by atoms with E-state index in [4.69, 9.17) is 10.8 Å². The molecule has 5 nitrogen and oxygen atoms in total. The maximum atomic E-state index is 12.4. The number of carbonyl (C=O) groups is 2. The molecule has 1 fully saturated rings. The van der Waals surface area contributed by atoms with Crippen molar-refractivity contribution >= 4 is 11.9 Å². The Morgan fingerprint density at radius 3 is 2.35 bits per heavy atom. The molecule has 0 heterocycles. The number of nitrogens with zero attached hydrogens (tertiary/aromatic N) is 1. The summed E-state index contributed by atoms with van der Waals surface area (Å²) in [7, 11) is 1.53. The summed E-state index contributed by atoms with van der Waals surface area (Å²) in [6.45, 7) is 4.88. The molecule has 1 saturated carbocycles. The van der Waals surface area contributed by atoms with E-state index in [1.165, 1.54) is 25.8 Å². The van der Waals surface area contributed by atoms with E-state index < -0.39 is 16.9 Å². The molecule has 2 atom stereocenters. The summed E-state index contributed by atoms with van der Waals surface area (Å²) in [5.74, 6) is -1.18. The fraction of sp³-hybridized carbons (Fsp3) is 0.833. The third-order valence-electron chi connectivity index (χ3n) is 4.18. The van der Waals surface area contributed by atoms with Crippen LogP contribution < -0.4 is 5.73 Å². The van der Waals surface area contributed by atoms with Gasteiger partial charge >= 0.3 is 5.97 Å². The van der Waals surface area contributed by atoms with Crippen LogP contribution in [0.4, 0.5) is 0 Å². The molecule has 0 saturated heterocycles. The molecule has 3 N–H and O–H groups in total. The number of nitrogens with two attached hydrogens (primary N) is 1. The Kier molecular flexibility index (Phi) is 3.52. The van der Waals surface area contributed by atoms with E-state index in [1.54, 1.807) is 0 Å². The summed E-state index contributed by atoms with van der Waals surface area (Å²) >= 11 is 0. The van der Waals surface area contributed by atoms with Crippen LogP contribution in [0.2, 0.25) is 0 Å². The van der Waals surface area contributed by atoms with Crippen molar-refractivity contribution in [2.45, 2.75) is 51.6 Å². The normalized spacial score (nSPS) is 29.1. The molecule has 1 rings (SSSR count). The van der Waals surface area contributed by atoms with Crippen molar-refractivity contribution < 1.29 is 14.7 Å². The Balaban J connectivity index is 2.94. The summed E-state index contributed by atoms with van der Waals surface area (Å²) in [4.78, 5) is 24.9. The Morgan fingerprint density at radius 2 is 2.00 bits per heavy atom. The maximum Gasteiger partial charge on any atom is 0.329 e. The number of rotatable bonds is 3. The predicted octanol–water partition coefficient (Wildman–Crippen LogP) is 0.825. The van der Waals surface area contributed by atoms with E-state index >= 15 is 0 Å². The lowest BCUT2D eigenvalue weighted by Crippen LogP contribution is -2.57. The first-order chi connectivity index (χ1) is 7.64. The van der Waals surface area contributed by atoms with E-state index in [1.807, 2.05) is 6.92 Å². The number of carbonyl (C=O) groups excluding carboxylic acids is 1. The van der Waals surface area contributed by atoms with Crippen molar-refractivity contribution in [1.82, 2.24) is 4.90 Å². The molecular formula is C12H22N2O3. The summed E-state index contributed by atoms with van der Waals surface area (Å²) in [6, 6.07) is -0.179. The van der Waals surface area contributed by atoms with Gasteiger partial charge in [-0.05, 0) is 33.6 Å². The van der Waals surface area contributed by atoms with Gasteiger partial charge in [0.05, 0.1) is 5.41 Å². The van der Waals surface area contributed by atoms with Gasteiger partial charge in [0.2, 0.25) is 5.91 Å². The van der Waals surface area contributed by atoms with Crippen LogP contribution in [0.3, 0.4) is 0 Å². The first kappa shape index (κ1) is 14.0. The van der Waals surface area contributed by atoms with E-state index in [9.17, 15) is 9.59 Å². The second-order valence-corrected chi connectivity index (χ2v) is 5.64. The second-order valence-electron chi connectivity index (χ2n) is 5.64. The summed E-state index contributed by atoms with van der Waals surface area (Å²) in [5, 5.41) is 9.13.